The Morgan fingerprint density at radius 2 is 1.78 bits per heavy atom. The van der Waals surface area contributed by atoms with Crippen molar-refractivity contribution in [3.8, 4) is 0 Å². The molecule has 0 bridgehead atoms. The molecule has 1 N–H and O–H groups in total. The Balaban J connectivity index is 1.33. The molecular weight excluding hydrogens is 404 g/mol. The molecule has 1 aromatic rings. The molecule has 8 nitrogen and oxygen atoms in total. The van der Waals surface area contributed by atoms with Crippen molar-refractivity contribution in [1.29, 1.82) is 0 Å². The van der Waals surface area contributed by atoms with Gasteiger partial charge in [0.05, 0.1) is 12.2 Å². The number of hydrogen-bond donors (Lipinski definition) is 1. The first-order valence-corrected chi connectivity index (χ1v) is 12.3. The number of fused-ring (bicyclic) bond motifs is 1. The number of nitrogens with one attached hydrogen (secondary N) is 1. The number of piperidine rings is 1. The van der Waals surface area contributed by atoms with E-state index in [0.29, 0.717) is 31.5 Å². The van der Waals surface area contributed by atoms with E-state index in [2.05, 4.69) is 17.1 Å². The Hall–Kier alpha value is -2.22. The van der Waals surface area contributed by atoms with Crippen LogP contribution >= 0.6 is 0 Å². The molecule has 8 heteroatoms. The number of likely N-dealkylation sites (tertiary alicyclic amines) is 2. The van der Waals surface area contributed by atoms with Crippen LogP contribution in [0.5, 0.6) is 0 Å². The number of anilines is 1. The van der Waals surface area contributed by atoms with Gasteiger partial charge in [0.1, 0.15) is 11.6 Å². The fourth-order valence-corrected chi connectivity index (χ4v) is 5.33. The molecule has 176 valence electrons. The third-order valence-electron chi connectivity index (χ3n) is 7.51. The number of amides is 2. The zero-order chi connectivity index (χ0) is 22.7. The van der Waals surface area contributed by atoms with Gasteiger partial charge in [-0.15, -0.1) is 0 Å². The van der Waals surface area contributed by atoms with E-state index in [9.17, 15) is 9.59 Å². The summed E-state index contributed by atoms with van der Waals surface area (Å²) in [7, 11) is 1.88. The third-order valence-corrected chi connectivity index (χ3v) is 7.51. The van der Waals surface area contributed by atoms with Gasteiger partial charge in [-0.25, -0.2) is 9.97 Å². The lowest BCUT2D eigenvalue weighted by Crippen LogP contribution is -2.39. The Morgan fingerprint density at radius 1 is 1.06 bits per heavy atom. The smallest absolute Gasteiger partial charge is 0.222 e. The quantitative estimate of drug-likeness (QED) is 0.729. The summed E-state index contributed by atoms with van der Waals surface area (Å²) in [5, 5.41) is 3.21. The van der Waals surface area contributed by atoms with E-state index in [1.165, 1.54) is 25.9 Å². The van der Waals surface area contributed by atoms with Gasteiger partial charge >= 0.3 is 0 Å². The van der Waals surface area contributed by atoms with Crippen LogP contribution in [0.1, 0.15) is 75.4 Å². The Labute approximate surface area is 191 Å². The molecule has 0 radical (unpaired) electrons. The van der Waals surface area contributed by atoms with Gasteiger partial charge in [0.25, 0.3) is 0 Å². The summed E-state index contributed by atoms with van der Waals surface area (Å²) in [5.41, 5.74) is 2.10. The molecular formula is C24H38N6O2. The average Bonchev–Trinajstić information content (AvgIpc) is 3.36. The first kappa shape index (κ1) is 23.0. The maximum atomic E-state index is 12.8. The number of hydrogen-bond acceptors (Lipinski definition) is 6. The first-order valence-electron chi connectivity index (χ1n) is 12.3. The van der Waals surface area contributed by atoms with E-state index in [1.54, 1.807) is 6.92 Å². The minimum Gasteiger partial charge on any atom is -0.373 e. The maximum Gasteiger partial charge on any atom is 0.222 e. The monoisotopic (exact) mass is 442 g/mol. The minimum absolute atomic E-state index is 0.0913. The molecule has 0 aromatic carbocycles. The molecule has 3 aliphatic rings. The van der Waals surface area contributed by atoms with Crippen LogP contribution in [-0.2, 0) is 22.6 Å². The standard InChI is InChI=1S/C24H38N6O2/c1-17(28-11-4-5-12-28)6-7-22(32)29-13-8-19(9-14-29)23-26-21-10-15-30(18(2)31)16-20(21)24(25-3)27-23/h17,19H,4-16H2,1-3H3,(H,25,26,27)/t17-/m0/s1. The predicted molar refractivity (Wildman–Crippen MR) is 124 cm³/mol. The van der Waals surface area contributed by atoms with Crippen LogP contribution in [0.3, 0.4) is 0 Å². The van der Waals surface area contributed by atoms with Gasteiger partial charge in [0, 0.05) is 64.0 Å². The van der Waals surface area contributed by atoms with E-state index < -0.39 is 0 Å². The summed E-state index contributed by atoms with van der Waals surface area (Å²) in [6, 6.07) is 0.502. The number of aromatic nitrogens is 2. The highest BCUT2D eigenvalue weighted by Crippen LogP contribution is 2.31. The molecule has 0 aliphatic carbocycles. The van der Waals surface area contributed by atoms with Gasteiger partial charge in [-0.05, 0) is 52.1 Å². The van der Waals surface area contributed by atoms with Crippen molar-refractivity contribution in [3.63, 3.8) is 0 Å². The SMILES string of the molecule is CNc1nc(C2CCN(C(=O)CC[C@H](C)N3CCCC3)CC2)nc2c1CN(C(C)=O)CC2. The van der Waals surface area contributed by atoms with Crippen molar-refractivity contribution >= 4 is 17.6 Å². The summed E-state index contributed by atoms with van der Waals surface area (Å²) in [5.74, 6) is 2.39. The van der Waals surface area contributed by atoms with Crippen LogP contribution in [0, 0.1) is 0 Å². The highest BCUT2D eigenvalue weighted by molar-refractivity contribution is 5.76. The van der Waals surface area contributed by atoms with Crippen molar-refractivity contribution in [1.82, 2.24) is 24.7 Å². The molecule has 4 heterocycles. The summed E-state index contributed by atoms with van der Waals surface area (Å²) in [6.45, 7) is 9.10. The van der Waals surface area contributed by atoms with Crippen LogP contribution in [0.15, 0.2) is 0 Å². The fourth-order valence-electron chi connectivity index (χ4n) is 5.33. The second-order valence-electron chi connectivity index (χ2n) is 9.58. The van der Waals surface area contributed by atoms with Gasteiger partial charge in [0.15, 0.2) is 0 Å². The summed E-state index contributed by atoms with van der Waals surface area (Å²) < 4.78 is 0. The summed E-state index contributed by atoms with van der Waals surface area (Å²) in [4.78, 5) is 40.7. The van der Waals surface area contributed by atoms with Gasteiger partial charge in [-0.3, -0.25) is 9.59 Å². The molecule has 0 saturated carbocycles. The highest BCUT2D eigenvalue weighted by atomic mass is 16.2. The van der Waals surface area contributed by atoms with Crippen molar-refractivity contribution in [3.05, 3.63) is 17.1 Å². The first-order chi connectivity index (χ1) is 15.5. The molecule has 2 amide bonds. The van der Waals surface area contributed by atoms with Crippen molar-refractivity contribution in [2.24, 2.45) is 0 Å². The lowest BCUT2D eigenvalue weighted by atomic mass is 9.94. The van der Waals surface area contributed by atoms with Gasteiger partial charge in [-0.2, -0.15) is 0 Å². The largest absolute Gasteiger partial charge is 0.373 e. The van der Waals surface area contributed by atoms with E-state index >= 15 is 0 Å². The Bertz CT molecular complexity index is 813. The zero-order valence-electron chi connectivity index (χ0n) is 19.9. The lowest BCUT2D eigenvalue weighted by Gasteiger charge is -2.33. The second-order valence-corrected chi connectivity index (χ2v) is 9.58. The molecule has 1 aromatic heterocycles. The van der Waals surface area contributed by atoms with E-state index in [0.717, 1.165) is 61.7 Å². The molecule has 3 aliphatic heterocycles. The van der Waals surface area contributed by atoms with Crippen molar-refractivity contribution in [2.75, 3.05) is 45.1 Å². The van der Waals surface area contributed by atoms with Crippen LogP contribution in [0.25, 0.3) is 0 Å². The molecule has 0 spiro atoms. The van der Waals surface area contributed by atoms with Gasteiger partial charge in [-0.1, -0.05) is 0 Å². The zero-order valence-corrected chi connectivity index (χ0v) is 19.9. The Morgan fingerprint density at radius 3 is 2.44 bits per heavy atom. The van der Waals surface area contributed by atoms with Gasteiger partial charge in [0.2, 0.25) is 11.8 Å². The predicted octanol–water partition coefficient (Wildman–Crippen LogP) is 2.39. The van der Waals surface area contributed by atoms with Crippen LogP contribution < -0.4 is 5.32 Å². The van der Waals surface area contributed by atoms with E-state index in [-0.39, 0.29) is 11.8 Å². The maximum absolute atomic E-state index is 12.8. The van der Waals surface area contributed by atoms with Crippen LogP contribution in [0.4, 0.5) is 5.82 Å². The number of carbonyl (C=O) groups is 2. The Kier molecular flexibility index (Phi) is 7.28. The fraction of sp³-hybridized carbons (Fsp3) is 0.750. The molecule has 0 unspecified atom stereocenters. The number of rotatable bonds is 6. The third kappa shape index (κ3) is 5.05. The molecule has 1 atom stereocenters. The molecule has 4 rings (SSSR count). The molecule has 2 saturated heterocycles. The topological polar surface area (TPSA) is 81.7 Å². The second kappa shape index (κ2) is 10.1. The molecule has 32 heavy (non-hydrogen) atoms. The molecule has 2 fully saturated rings. The summed E-state index contributed by atoms with van der Waals surface area (Å²) >= 11 is 0. The van der Waals surface area contributed by atoms with Gasteiger partial charge < -0.3 is 20.0 Å². The van der Waals surface area contributed by atoms with Crippen LogP contribution in [0.2, 0.25) is 0 Å². The summed E-state index contributed by atoms with van der Waals surface area (Å²) in [6.07, 6.45) is 6.78. The number of carbonyl (C=O) groups excluding carboxylic acids is 2. The normalized spacial score (nSPS) is 20.8. The van der Waals surface area contributed by atoms with E-state index in [1.807, 2.05) is 16.8 Å². The average molecular weight is 443 g/mol. The van der Waals surface area contributed by atoms with Crippen molar-refractivity contribution < 1.29 is 9.59 Å². The van der Waals surface area contributed by atoms with E-state index in [4.69, 9.17) is 9.97 Å². The lowest BCUT2D eigenvalue weighted by molar-refractivity contribution is -0.132. The highest BCUT2D eigenvalue weighted by Gasteiger charge is 2.29. The number of nitrogens with zero attached hydrogens (tertiary/aromatic N) is 5. The van der Waals surface area contributed by atoms with Crippen LogP contribution in [-0.4, -0.2) is 82.3 Å². The van der Waals surface area contributed by atoms with Crippen molar-refractivity contribution in [2.45, 2.75) is 77.3 Å². The minimum atomic E-state index is 0.0913.